The summed E-state index contributed by atoms with van der Waals surface area (Å²) in [6, 6.07) is -5.99. The number of amides is 3. The van der Waals surface area contributed by atoms with Crippen LogP contribution in [0.15, 0.2) is 0 Å². The molecule has 0 saturated heterocycles. The second kappa shape index (κ2) is 14.3. The van der Waals surface area contributed by atoms with E-state index < -0.39 is 72.5 Å². The van der Waals surface area contributed by atoms with E-state index in [0.717, 1.165) is 6.92 Å². The van der Waals surface area contributed by atoms with Crippen LogP contribution < -0.4 is 27.4 Å². The Kier molecular flexibility index (Phi) is 13.0. The van der Waals surface area contributed by atoms with Gasteiger partial charge in [0.25, 0.3) is 0 Å². The van der Waals surface area contributed by atoms with E-state index in [4.69, 9.17) is 21.7 Å². The van der Waals surface area contributed by atoms with Crippen LogP contribution in [0.4, 0.5) is 0 Å². The normalized spacial score (nSPS) is 16.6. The van der Waals surface area contributed by atoms with E-state index in [1.807, 2.05) is 5.32 Å². The number of hydrogen-bond donors (Lipinski definition) is 9. The molecule has 0 bridgehead atoms. The fourth-order valence-electron chi connectivity index (χ4n) is 2.55. The third-order valence-electron chi connectivity index (χ3n) is 4.46. The van der Waals surface area contributed by atoms with Crippen molar-refractivity contribution in [3.8, 4) is 0 Å². The zero-order chi connectivity index (χ0) is 25.0. The number of unbranched alkanes of at least 4 members (excludes halogenated alkanes) is 1. The number of carboxylic acids is 2. The molecule has 0 aromatic rings. The summed E-state index contributed by atoms with van der Waals surface area (Å²) < 4.78 is 0. The van der Waals surface area contributed by atoms with Crippen molar-refractivity contribution < 1.29 is 44.4 Å². The minimum Gasteiger partial charge on any atom is -0.481 e. The van der Waals surface area contributed by atoms with Gasteiger partial charge in [-0.1, -0.05) is 0 Å². The lowest BCUT2D eigenvalue weighted by molar-refractivity contribution is -0.146. The van der Waals surface area contributed by atoms with Crippen LogP contribution in [0, 0.1) is 0 Å². The van der Waals surface area contributed by atoms with Crippen molar-refractivity contribution in [3.05, 3.63) is 0 Å². The molecule has 0 heterocycles. The van der Waals surface area contributed by atoms with Gasteiger partial charge in [0.05, 0.1) is 18.6 Å². The fourth-order valence-corrected chi connectivity index (χ4v) is 2.55. The highest BCUT2D eigenvalue weighted by Crippen LogP contribution is 2.05. The van der Waals surface area contributed by atoms with Gasteiger partial charge in [-0.2, -0.15) is 0 Å². The van der Waals surface area contributed by atoms with Gasteiger partial charge in [-0.05, 0) is 39.7 Å². The molecule has 0 fully saturated rings. The molecule has 0 radical (unpaired) electrons. The second-order valence-electron chi connectivity index (χ2n) is 7.34. The molecule has 0 saturated carbocycles. The lowest BCUT2D eigenvalue weighted by Crippen LogP contribution is -2.59. The number of aliphatic hydroxyl groups excluding tert-OH is 2. The average molecular weight is 463 g/mol. The summed E-state index contributed by atoms with van der Waals surface area (Å²) >= 11 is 0. The lowest BCUT2D eigenvalue weighted by Gasteiger charge is -2.25. The molecule has 0 aromatic heterocycles. The van der Waals surface area contributed by atoms with Crippen LogP contribution in [-0.4, -0.2) is 93.0 Å². The molecule has 184 valence electrons. The summed E-state index contributed by atoms with van der Waals surface area (Å²) in [7, 11) is 0. The summed E-state index contributed by atoms with van der Waals surface area (Å²) in [6.45, 7) is 2.70. The van der Waals surface area contributed by atoms with Crippen LogP contribution in [-0.2, 0) is 24.0 Å². The smallest absolute Gasteiger partial charge is 0.328 e. The van der Waals surface area contributed by atoms with E-state index in [9.17, 15) is 34.2 Å². The number of rotatable bonds is 15. The number of carbonyl (C=O) groups is 5. The first-order valence-corrected chi connectivity index (χ1v) is 9.99. The minimum atomic E-state index is -1.74. The van der Waals surface area contributed by atoms with E-state index in [1.165, 1.54) is 6.92 Å². The molecule has 6 unspecified atom stereocenters. The third kappa shape index (κ3) is 10.5. The molecule has 14 nitrogen and oxygen atoms in total. The molecule has 0 aliphatic heterocycles. The standard InChI is InChI=1S/C18H33N5O9/c1-8(24)13(20)17(30)21-10(5-3-4-6-19)15(28)22-11(7-12(26)27)16(29)23-14(9(2)25)18(31)32/h8-11,13-14,24-25H,3-7,19-20H2,1-2H3,(H,21,30)(H,22,28)(H,23,29)(H,26,27)(H,31,32). The Bertz CT molecular complexity index is 671. The SMILES string of the molecule is CC(O)C(N)C(=O)NC(CCCCN)C(=O)NC(CC(=O)O)C(=O)NC(C(=O)O)C(C)O. The highest BCUT2D eigenvalue weighted by molar-refractivity contribution is 5.95. The van der Waals surface area contributed by atoms with Crippen molar-refractivity contribution in [1.82, 2.24) is 16.0 Å². The fraction of sp³-hybridized carbons (Fsp3) is 0.722. The maximum atomic E-state index is 12.7. The van der Waals surface area contributed by atoms with Gasteiger partial charge < -0.3 is 47.8 Å². The Labute approximate surface area is 184 Å². The van der Waals surface area contributed by atoms with Crippen molar-refractivity contribution in [2.24, 2.45) is 11.5 Å². The Morgan fingerprint density at radius 3 is 1.78 bits per heavy atom. The van der Waals surface area contributed by atoms with E-state index in [-0.39, 0.29) is 6.42 Å². The first-order valence-electron chi connectivity index (χ1n) is 9.99. The minimum absolute atomic E-state index is 0.0775. The zero-order valence-corrected chi connectivity index (χ0v) is 18.0. The maximum Gasteiger partial charge on any atom is 0.328 e. The number of aliphatic carboxylic acids is 2. The first kappa shape index (κ1) is 29.2. The van der Waals surface area contributed by atoms with E-state index in [1.54, 1.807) is 0 Å². The Morgan fingerprint density at radius 2 is 1.34 bits per heavy atom. The Morgan fingerprint density at radius 1 is 0.812 bits per heavy atom. The summed E-state index contributed by atoms with van der Waals surface area (Å²) in [4.78, 5) is 59.6. The van der Waals surface area contributed by atoms with Crippen LogP contribution in [0.2, 0.25) is 0 Å². The van der Waals surface area contributed by atoms with Crippen molar-refractivity contribution in [2.45, 2.75) is 75.9 Å². The van der Waals surface area contributed by atoms with Crippen LogP contribution >= 0.6 is 0 Å². The van der Waals surface area contributed by atoms with Gasteiger partial charge >= 0.3 is 11.9 Å². The summed E-state index contributed by atoms with van der Waals surface area (Å²) in [6.07, 6.45) is -2.60. The molecule has 0 aliphatic carbocycles. The number of hydrogen-bond acceptors (Lipinski definition) is 9. The van der Waals surface area contributed by atoms with Crippen molar-refractivity contribution in [3.63, 3.8) is 0 Å². The second-order valence-corrected chi connectivity index (χ2v) is 7.34. The number of carboxylic acid groups (broad SMARTS) is 2. The van der Waals surface area contributed by atoms with Crippen LogP contribution in [0.1, 0.15) is 39.5 Å². The van der Waals surface area contributed by atoms with E-state index in [2.05, 4.69) is 10.6 Å². The molecule has 0 rings (SSSR count). The Hall–Kier alpha value is -2.81. The molecule has 6 atom stereocenters. The number of carbonyl (C=O) groups excluding carboxylic acids is 3. The van der Waals surface area contributed by atoms with Gasteiger partial charge in [-0.15, -0.1) is 0 Å². The number of nitrogens with two attached hydrogens (primary N) is 2. The van der Waals surface area contributed by atoms with Crippen molar-refractivity contribution in [2.75, 3.05) is 6.54 Å². The molecule has 11 N–H and O–H groups in total. The molecule has 32 heavy (non-hydrogen) atoms. The number of aliphatic hydroxyl groups is 2. The Balaban J connectivity index is 5.52. The molecule has 3 amide bonds. The topological polar surface area (TPSA) is 254 Å². The highest BCUT2D eigenvalue weighted by Gasteiger charge is 2.33. The number of nitrogens with one attached hydrogen (secondary N) is 3. The van der Waals surface area contributed by atoms with Gasteiger partial charge in [0.2, 0.25) is 17.7 Å². The maximum absolute atomic E-state index is 12.7. The molecule has 0 aromatic carbocycles. The predicted molar refractivity (Wildman–Crippen MR) is 110 cm³/mol. The summed E-state index contributed by atoms with van der Waals surface area (Å²) in [5.74, 6) is -5.94. The van der Waals surface area contributed by atoms with Gasteiger partial charge in [0.1, 0.15) is 18.1 Å². The molecule has 14 heteroatoms. The molecular formula is C18H33N5O9. The monoisotopic (exact) mass is 463 g/mol. The lowest BCUT2D eigenvalue weighted by atomic mass is 10.1. The van der Waals surface area contributed by atoms with Gasteiger partial charge in [0.15, 0.2) is 6.04 Å². The zero-order valence-electron chi connectivity index (χ0n) is 18.0. The predicted octanol–water partition coefficient (Wildman–Crippen LogP) is -3.78. The van der Waals surface area contributed by atoms with Crippen molar-refractivity contribution >= 4 is 29.7 Å². The highest BCUT2D eigenvalue weighted by atomic mass is 16.4. The van der Waals surface area contributed by atoms with E-state index in [0.29, 0.717) is 19.4 Å². The molecule has 0 aliphatic rings. The van der Waals surface area contributed by atoms with Gasteiger partial charge in [0, 0.05) is 0 Å². The third-order valence-corrected chi connectivity index (χ3v) is 4.46. The molecule has 0 spiro atoms. The van der Waals surface area contributed by atoms with Gasteiger partial charge in [-0.25, -0.2) is 4.79 Å². The quantitative estimate of drug-likeness (QED) is 0.106. The largest absolute Gasteiger partial charge is 0.481 e. The van der Waals surface area contributed by atoms with Crippen LogP contribution in [0.5, 0.6) is 0 Å². The van der Waals surface area contributed by atoms with Gasteiger partial charge in [-0.3, -0.25) is 19.2 Å². The summed E-state index contributed by atoms with van der Waals surface area (Å²) in [5.41, 5.74) is 11.0. The van der Waals surface area contributed by atoms with Crippen molar-refractivity contribution in [1.29, 1.82) is 0 Å². The van der Waals surface area contributed by atoms with E-state index >= 15 is 0 Å². The summed E-state index contributed by atoms with van der Waals surface area (Å²) in [5, 5.41) is 43.6. The average Bonchev–Trinajstić information content (AvgIpc) is 2.68. The molecular weight excluding hydrogens is 430 g/mol. The van der Waals surface area contributed by atoms with Crippen LogP contribution in [0.3, 0.4) is 0 Å². The first-order chi connectivity index (χ1) is 14.8. The van der Waals surface area contributed by atoms with Crippen LogP contribution in [0.25, 0.3) is 0 Å².